The quantitative estimate of drug-likeness (QED) is 0.597. The van der Waals surface area contributed by atoms with E-state index in [1.165, 1.54) is 0 Å². The van der Waals surface area contributed by atoms with E-state index in [4.69, 9.17) is 9.84 Å². The Labute approximate surface area is 147 Å². The SMILES string of the molecule is CC(C)CCC(=O)NCC(=O)NC(C)c1ccc(OCC(=O)O)cc1. The number of amides is 2. The lowest BCUT2D eigenvalue weighted by molar-refractivity contribution is -0.139. The minimum Gasteiger partial charge on any atom is -0.482 e. The Balaban J connectivity index is 2.39. The lowest BCUT2D eigenvalue weighted by Crippen LogP contribution is -2.38. The molecule has 0 heterocycles. The van der Waals surface area contributed by atoms with Crippen LogP contribution in [-0.4, -0.2) is 36.0 Å². The van der Waals surface area contributed by atoms with Gasteiger partial charge in [-0.1, -0.05) is 26.0 Å². The molecule has 0 bridgehead atoms. The average molecular weight is 350 g/mol. The van der Waals surface area contributed by atoms with E-state index in [1.54, 1.807) is 24.3 Å². The molecule has 0 aliphatic rings. The standard InChI is InChI=1S/C18H26N2O5/c1-12(2)4-9-16(21)19-10-17(22)20-13(3)14-5-7-15(8-6-14)25-11-18(23)24/h5-8,12-13H,4,9-11H2,1-3H3,(H,19,21)(H,20,22)(H,23,24). The zero-order chi connectivity index (χ0) is 18.8. The largest absolute Gasteiger partial charge is 0.482 e. The molecule has 2 amide bonds. The highest BCUT2D eigenvalue weighted by Gasteiger charge is 2.11. The molecule has 0 saturated heterocycles. The van der Waals surface area contributed by atoms with Gasteiger partial charge >= 0.3 is 5.97 Å². The van der Waals surface area contributed by atoms with Crippen molar-refractivity contribution in [3.8, 4) is 5.75 Å². The Morgan fingerprint density at radius 3 is 2.28 bits per heavy atom. The van der Waals surface area contributed by atoms with Crippen molar-refractivity contribution in [1.29, 1.82) is 0 Å². The maximum Gasteiger partial charge on any atom is 0.341 e. The van der Waals surface area contributed by atoms with Crippen molar-refractivity contribution < 1.29 is 24.2 Å². The molecular weight excluding hydrogens is 324 g/mol. The summed E-state index contributed by atoms with van der Waals surface area (Å²) in [7, 11) is 0. The second kappa shape index (κ2) is 10.3. The average Bonchev–Trinajstić information content (AvgIpc) is 2.56. The first-order valence-corrected chi connectivity index (χ1v) is 8.28. The molecule has 0 saturated carbocycles. The van der Waals surface area contributed by atoms with E-state index in [2.05, 4.69) is 10.6 Å². The van der Waals surface area contributed by atoms with E-state index >= 15 is 0 Å². The predicted molar refractivity (Wildman–Crippen MR) is 93.2 cm³/mol. The molecule has 138 valence electrons. The van der Waals surface area contributed by atoms with Crippen molar-refractivity contribution in [3.63, 3.8) is 0 Å². The van der Waals surface area contributed by atoms with Gasteiger partial charge in [0.2, 0.25) is 11.8 Å². The van der Waals surface area contributed by atoms with E-state index in [-0.39, 0.29) is 24.4 Å². The summed E-state index contributed by atoms with van der Waals surface area (Å²) < 4.78 is 5.05. The van der Waals surface area contributed by atoms with Crippen LogP contribution in [0.5, 0.6) is 5.75 Å². The molecule has 1 aromatic carbocycles. The van der Waals surface area contributed by atoms with Crippen LogP contribution in [0.4, 0.5) is 0 Å². The summed E-state index contributed by atoms with van der Waals surface area (Å²) in [6.07, 6.45) is 1.21. The van der Waals surface area contributed by atoms with Gasteiger partial charge in [-0.3, -0.25) is 9.59 Å². The number of carbonyl (C=O) groups is 3. The van der Waals surface area contributed by atoms with E-state index in [1.807, 2.05) is 20.8 Å². The minimum absolute atomic E-state index is 0.0545. The van der Waals surface area contributed by atoms with Gasteiger partial charge in [-0.25, -0.2) is 4.79 Å². The third kappa shape index (κ3) is 8.74. The zero-order valence-corrected chi connectivity index (χ0v) is 14.9. The highest BCUT2D eigenvalue weighted by molar-refractivity contribution is 5.84. The van der Waals surface area contributed by atoms with Crippen LogP contribution in [0, 0.1) is 5.92 Å². The van der Waals surface area contributed by atoms with Gasteiger partial charge in [0.25, 0.3) is 0 Å². The zero-order valence-electron chi connectivity index (χ0n) is 14.9. The molecule has 3 N–H and O–H groups in total. The van der Waals surface area contributed by atoms with E-state index in [9.17, 15) is 14.4 Å². The molecule has 25 heavy (non-hydrogen) atoms. The molecule has 1 atom stereocenters. The summed E-state index contributed by atoms with van der Waals surface area (Å²) >= 11 is 0. The van der Waals surface area contributed by atoms with Crippen molar-refractivity contribution in [2.75, 3.05) is 13.2 Å². The highest BCUT2D eigenvalue weighted by Crippen LogP contribution is 2.17. The van der Waals surface area contributed by atoms with Crippen LogP contribution in [-0.2, 0) is 14.4 Å². The second-order valence-electron chi connectivity index (χ2n) is 6.25. The van der Waals surface area contributed by atoms with Crippen molar-refractivity contribution in [2.45, 2.75) is 39.7 Å². The van der Waals surface area contributed by atoms with Gasteiger partial charge in [0, 0.05) is 6.42 Å². The number of hydrogen-bond acceptors (Lipinski definition) is 4. The monoisotopic (exact) mass is 350 g/mol. The van der Waals surface area contributed by atoms with Gasteiger partial charge in [0.15, 0.2) is 6.61 Å². The number of carboxylic acids is 1. The Bertz CT molecular complexity index is 584. The number of carbonyl (C=O) groups excluding carboxylic acids is 2. The van der Waals surface area contributed by atoms with E-state index < -0.39 is 12.6 Å². The molecule has 0 fully saturated rings. The molecule has 1 unspecified atom stereocenters. The van der Waals surface area contributed by atoms with Crippen LogP contribution in [0.2, 0.25) is 0 Å². The number of benzene rings is 1. The Kier molecular flexibility index (Phi) is 8.46. The number of rotatable bonds is 10. The van der Waals surface area contributed by atoms with Crippen molar-refractivity contribution >= 4 is 17.8 Å². The topological polar surface area (TPSA) is 105 Å². The minimum atomic E-state index is -1.04. The van der Waals surface area contributed by atoms with E-state index in [0.717, 1.165) is 12.0 Å². The fourth-order valence-electron chi connectivity index (χ4n) is 2.06. The normalized spacial score (nSPS) is 11.7. The fourth-order valence-corrected chi connectivity index (χ4v) is 2.06. The van der Waals surface area contributed by atoms with Gasteiger partial charge in [-0.15, -0.1) is 0 Å². The number of ether oxygens (including phenoxy) is 1. The molecule has 0 aliphatic carbocycles. The van der Waals surface area contributed by atoms with Crippen LogP contribution in [0.15, 0.2) is 24.3 Å². The number of hydrogen-bond donors (Lipinski definition) is 3. The van der Waals surface area contributed by atoms with Gasteiger partial charge in [0.1, 0.15) is 5.75 Å². The lowest BCUT2D eigenvalue weighted by atomic mass is 10.1. The molecule has 7 nitrogen and oxygen atoms in total. The first-order valence-electron chi connectivity index (χ1n) is 8.28. The lowest BCUT2D eigenvalue weighted by Gasteiger charge is -2.15. The molecule has 0 aromatic heterocycles. The van der Waals surface area contributed by atoms with E-state index in [0.29, 0.717) is 18.1 Å². The Morgan fingerprint density at radius 1 is 1.08 bits per heavy atom. The van der Waals surface area contributed by atoms with Gasteiger partial charge in [-0.2, -0.15) is 0 Å². The van der Waals surface area contributed by atoms with Crippen molar-refractivity contribution in [1.82, 2.24) is 10.6 Å². The fraction of sp³-hybridized carbons (Fsp3) is 0.500. The summed E-state index contributed by atoms with van der Waals surface area (Å²) in [5.41, 5.74) is 0.849. The van der Waals surface area contributed by atoms with Gasteiger partial charge in [0.05, 0.1) is 12.6 Å². The summed E-state index contributed by atoms with van der Waals surface area (Å²) in [5, 5.41) is 14.0. The van der Waals surface area contributed by atoms with Crippen LogP contribution < -0.4 is 15.4 Å². The van der Waals surface area contributed by atoms with Crippen LogP contribution in [0.3, 0.4) is 0 Å². The predicted octanol–water partition coefficient (Wildman–Crippen LogP) is 1.88. The van der Waals surface area contributed by atoms with Crippen LogP contribution >= 0.6 is 0 Å². The van der Waals surface area contributed by atoms with Crippen molar-refractivity contribution in [2.24, 2.45) is 5.92 Å². The molecule has 1 rings (SSSR count). The highest BCUT2D eigenvalue weighted by atomic mass is 16.5. The molecule has 1 aromatic rings. The van der Waals surface area contributed by atoms with Crippen LogP contribution in [0.1, 0.15) is 45.2 Å². The third-order valence-electron chi connectivity index (χ3n) is 3.51. The summed E-state index contributed by atoms with van der Waals surface area (Å²) in [6, 6.07) is 6.56. The Hall–Kier alpha value is -2.57. The molecular formula is C18H26N2O5. The summed E-state index contributed by atoms with van der Waals surface area (Å²) in [4.78, 5) is 34.0. The summed E-state index contributed by atoms with van der Waals surface area (Å²) in [5.74, 6) is -0.544. The first kappa shape index (κ1) is 20.5. The molecule has 0 radical (unpaired) electrons. The van der Waals surface area contributed by atoms with Gasteiger partial charge in [-0.05, 0) is 37.0 Å². The van der Waals surface area contributed by atoms with Gasteiger partial charge < -0.3 is 20.5 Å². The maximum atomic E-state index is 11.9. The van der Waals surface area contributed by atoms with Crippen molar-refractivity contribution in [3.05, 3.63) is 29.8 Å². The number of aliphatic carboxylic acids is 1. The molecule has 0 spiro atoms. The molecule has 0 aliphatic heterocycles. The number of nitrogens with one attached hydrogen (secondary N) is 2. The Morgan fingerprint density at radius 2 is 1.72 bits per heavy atom. The smallest absolute Gasteiger partial charge is 0.341 e. The first-order chi connectivity index (χ1) is 11.8. The summed E-state index contributed by atoms with van der Waals surface area (Å²) in [6.45, 7) is 5.45. The third-order valence-corrected chi connectivity index (χ3v) is 3.51. The second-order valence-corrected chi connectivity index (χ2v) is 6.25. The molecule has 7 heteroatoms. The van der Waals surface area contributed by atoms with Crippen LogP contribution in [0.25, 0.3) is 0 Å². The number of carboxylic acid groups (broad SMARTS) is 1. The maximum absolute atomic E-state index is 11.9.